The molecule has 6 heteroatoms. The van der Waals surface area contributed by atoms with E-state index in [0.29, 0.717) is 0 Å². The van der Waals surface area contributed by atoms with Gasteiger partial charge in [-0.1, -0.05) is 0 Å². The van der Waals surface area contributed by atoms with E-state index in [1.807, 2.05) is 0 Å². The molecule has 0 radical (unpaired) electrons. The molecule has 0 unspecified atom stereocenters. The number of esters is 1. The zero-order valence-corrected chi connectivity index (χ0v) is 9.35. The highest BCUT2D eigenvalue weighted by Crippen LogP contribution is 2.19. The normalized spacial score (nSPS) is 10.2. The van der Waals surface area contributed by atoms with Gasteiger partial charge in [0.15, 0.2) is 11.5 Å². The Kier molecular flexibility index (Phi) is 3.27. The third-order valence-electron chi connectivity index (χ3n) is 2.22. The number of benzene rings is 1. The highest BCUT2D eigenvalue weighted by atomic mass is 19.1. The molecule has 0 fully saturated rings. The Morgan fingerprint density at radius 3 is 2.72 bits per heavy atom. The quantitative estimate of drug-likeness (QED) is 0.767. The van der Waals surface area contributed by atoms with E-state index < -0.39 is 17.6 Å². The molecule has 0 saturated carbocycles. The van der Waals surface area contributed by atoms with Crippen LogP contribution in [0.25, 0.3) is 11.4 Å². The SMILES string of the molecule is COC(=O)c1ccnc(-c2ccc(F)cc2F)n1. The zero-order valence-electron chi connectivity index (χ0n) is 9.35. The van der Waals surface area contributed by atoms with E-state index in [4.69, 9.17) is 0 Å². The predicted molar refractivity (Wildman–Crippen MR) is 58.7 cm³/mol. The lowest BCUT2D eigenvalue weighted by Gasteiger charge is -2.03. The fraction of sp³-hybridized carbons (Fsp3) is 0.0833. The molecule has 0 N–H and O–H groups in total. The van der Waals surface area contributed by atoms with E-state index in [-0.39, 0.29) is 17.1 Å². The molecule has 0 aliphatic rings. The highest BCUT2D eigenvalue weighted by molar-refractivity contribution is 5.87. The minimum Gasteiger partial charge on any atom is -0.464 e. The molecule has 18 heavy (non-hydrogen) atoms. The summed E-state index contributed by atoms with van der Waals surface area (Å²) in [5, 5.41) is 0. The van der Waals surface area contributed by atoms with Crippen molar-refractivity contribution in [1.29, 1.82) is 0 Å². The number of carbonyl (C=O) groups excluding carboxylic acids is 1. The molecule has 92 valence electrons. The number of nitrogens with zero attached hydrogens (tertiary/aromatic N) is 2. The first-order chi connectivity index (χ1) is 8.61. The fourth-order valence-corrected chi connectivity index (χ4v) is 1.38. The van der Waals surface area contributed by atoms with Crippen LogP contribution in [0.4, 0.5) is 8.78 Å². The molecule has 0 atom stereocenters. The first kappa shape index (κ1) is 12.1. The Morgan fingerprint density at radius 1 is 1.28 bits per heavy atom. The summed E-state index contributed by atoms with van der Waals surface area (Å²) < 4.78 is 30.8. The second-order valence-corrected chi connectivity index (χ2v) is 3.38. The number of aromatic nitrogens is 2. The van der Waals surface area contributed by atoms with Crippen molar-refractivity contribution in [3.63, 3.8) is 0 Å². The van der Waals surface area contributed by atoms with Crippen molar-refractivity contribution < 1.29 is 18.3 Å². The second-order valence-electron chi connectivity index (χ2n) is 3.38. The first-order valence-electron chi connectivity index (χ1n) is 4.98. The van der Waals surface area contributed by atoms with Gasteiger partial charge in [-0.15, -0.1) is 0 Å². The number of carbonyl (C=O) groups is 1. The predicted octanol–water partition coefficient (Wildman–Crippen LogP) is 2.21. The van der Waals surface area contributed by atoms with Gasteiger partial charge in [0.25, 0.3) is 0 Å². The van der Waals surface area contributed by atoms with E-state index in [9.17, 15) is 13.6 Å². The third-order valence-corrected chi connectivity index (χ3v) is 2.22. The fourth-order valence-electron chi connectivity index (χ4n) is 1.38. The largest absolute Gasteiger partial charge is 0.464 e. The Morgan fingerprint density at radius 2 is 2.06 bits per heavy atom. The minimum atomic E-state index is -0.794. The number of hydrogen-bond donors (Lipinski definition) is 0. The summed E-state index contributed by atoms with van der Waals surface area (Å²) in [5.74, 6) is -2.14. The monoisotopic (exact) mass is 250 g/mol. The molecule has 1 aromatic carbocycles. The van der Waals surface area contributed by atoms with Crippen molar-refractivity contribution >= 4 is 5.97 Å². The third kappa shape index (κ3) is 2.32. The summed E-state index contributed by atoms with van der Waals surface area (Å²) in [7, 11) is 1.21. The Labute approximate surface area is 101 Å². The molecule has 0 saturated heterocycles. The standard InChI is InChI=1S/C12H8F2N2O2/c1-18-12(17)10-4-5-15-11(16-10)8-3-2-7(13)6-9(8)14/h2-6H,1H3. The topological polar surface area (TPSA) is 52.1 Å². The van der Waals surface area contributed by atoms with Crippen molar-refractivity contribution in [2.24, 2.45) is 0 Å². The second kappa shape index (κ2) is 4.87. The van der Waals surface area contributed by atoms with Crippen molar-refractivity contribution in [1.82, 2.24) is 9.97 Å². The lowest BCUT2D eigenvalue weighted by molar-refractivity contribution is 0.0594. The average molecular weight is 250 g/mol. The van der Waals surface area contributed by atoms with Crippen LogP contribution < -0.4 is 0 Å². The van der Waals surface area contributed by atoms with Crippen LogP contribution in [-0.4, -0.2) is 23.0 Å². The van der Waals surface area contributed by atoms with Crippen LogP contribution in [0.5, 0.6) is 0 Å². The van der Waals surface area contributed by atoms with Crippen LogP contribution >= 0.6 is 0 Å². The summed E-state index contributed by atoms with van der Waals surface area (Å²) in [6.45, 7) is 0. The maximum Gasteiger partial charge on any atom is 0.356 e. The molecule has 0 amide bonds. The average Bonchev–Trinajstić information content (AvgIpc) is 2.38. The van der Waals surface area contributed by atoms with Crippen LogP contribution in [0, 0.1) is 11.6 Å². The van der Waals surface area contributed by atoms with Crippen LogP contribution in [-0.2, 0) is 4.74 Å². The van der Waals surface area contributed by atoms with E-state index in [1.165, 1.54) is 25.4 Å². The Hall–Kier alpha value is -2.37. The first-order valence-corrected chi connectivity index (χ1v) is 4.98. The molecular weight excluding hydrogens is 242 g/mol. The lowest BCUT2D eigenvalue weighted by atomic mass is 10.2. The molecule has 2 rings (SSSR count). The van der Waals surface area contributed by atoms with Crippen molar-refractivity contribution in [2.45, 2.75) is 0 Å². The van der Waals surface area contributed by atoms with Gasteiger partial charge in [-0.2, -0.15) is 0 Å². The van der Waals surface area contributed by atoms with Gasteiger partial charge < -0.3 is 4.74 Å². The van der Waals surface area contributed by atoms with E-state index in [1.54, 1.807) is 0 Å². The zero-order chi connectivity index (χ0) is 13.1. The van der Waals surface area contributed by atoms with Crippen LogP contribution in [0.3, 0.4) is 0 Å². The van der Waals surface area contributed by atoms with Crippen molar-refractivity contribution in [3.8, 4) is 11.4 Å². The molecule has 1 heterocycles. The molecule has 2 aromatic rings. The van der Waals surface area contributed by atoms with Gasteiger partial charge >= 0.3 is 5.97 Å². The highest BCUT2D eigenvalue weighted by Gasteiger charge is 2.13. The van der Waals surface area contributed by atoms with E-state index >= 15 is 0 Å². The number of methoxy groups -OCH3 is 1. The van der Waals surface area contributed by atoms with Gasteiger partial charge in [0, 0.05) is 12.3 Å². The van der Waals surface area contributed by atoms with E-state index in [0.717, 1.165) is 12.1 Å². The lowest BCUT2D eigenvalue weighted by Crippen LogP contribution is -2.06. The van der Waals surface area contributed by atoms with Gasteiger partial charge in [-0.25, -0.2) is 23.5 Å². The number of halogens is 2. The summed E-state index contributed by atoms with van der Waals surface area (Å²) in [4.78, 5) is 19.0. The van der Waals surface area contributed by atoms with Crippen molar-refractivity contribution in [3.05, 3.63) is 47.8 Å². The van der Waals surface area contributed by atoms with Gasteiger partial charge in [0.2, 0.25) is 0 Å². The van der Waals surface area contributed by atoms with Gasteiger partial charge in [0.05, 0.1) is 12.7 Å². The number of rotatable bonds is 2. The Balaban J connectivity index is 2.48. The maximum absolute atomic E-state index is 13.5. The molecule has 1 aromatic heterocycles. The summed E-state index contributed by atoms with van der Waals surface area (Å²) >= 11 is 0. The van der Waals surface area contributed by atoms with Crippen molar-refractivity contribution in [2.75, 3.05) is 7.11 Å². The van der Waals surface area contributed by atoms with Gasteiger partial charge in [0.1, 0.15) is 11.6 Å². The van der Waals surface area contributed by atoms with Crippen LogP contribution in [0.2, 0.25) is 0 Å². The summed E-state index contributed by atoms with van der Waals surface area (Å²) in [6, 6.07) is 4.37. The maximum atomic E-state index is 13.5. The Bertz CT molecular complexity index is 602. The van der Waals surface area contributed by atoms with E-state index in [2.05, 4.69) is 14.7 Å². The molecule has 0 spiro atoms. The van der Waals surface area contributed by atoms with Gasteiger partial charge in [-0.05, 0) is 18.2 Å². The minimum absolute atomic E-state index is 0.00426. The smallest absolute Gasteiger partial charge is 0.356 e. The van der Waals surface area contributed by atoms with Crippen LogP contribution in [0.15, 0.2) is 30.5 Å². The summed E-state index contributed by atoms with van der Waals surface area (Å²) in [5.41, 5.74) is 0.0216. The molecule has 0 bridgehead atoms. The molecule has 0 aliphatic heterocycles. The number of hydrogen-bond acceptors (Lipinski definition) is 4. The van der Waals surface area contributed by atoms with Gasteiger partial charge in [-0.3, -0.25) is 0 Å². The summed E-state index contributed by atoms with van der Waals surface area (Å²) in [6.07, 6.45) is 1.30. The molecule has 4 nitrogen and oxygen atoms in total. The number of ether oxygens (including phenoxy) is 1. The molecule has 0 aliphatic carbocycles. The molecular formula is C12H8F2N2O2. The van der Waals surface area contributed by atoms with Crippen LogP contribution in [0.1, 0.15) is 10.5 Å².